The number of piperidine rings is 1. The normalized spacial score (nSPS) is 17.4. The summed E-state index contributed by atoms with van der Waals surface area (Å²) in [4.78, 5) is 33.4. The molecule has 2 aliphatic rings. The SMILES string of the molecule is CC(C)(C)CC(=O)N1CCC(Oc2ccc(N(C(=O)C3CNC3)c3cccnc3)cc2)CC1. The van der Waals surface area contributed by atoms with Crippen LogP contribution >= 0.6 is 0 Å². The highest BCUT2D eigenvalue weighted by atomic mass is 16.5. The van der Waals surface area contributed by atoms with E-state index in [1.807, 2.05) is 41.3 Å². The van der Waals surface area contributed by atoms with Crippen molar-refractivity contribution >= 4 is 23.2 Å². The zero-order chi connectivity index (χ0) is 23.4. The van der Waals surface area contributed by atoms with E-state index in [2.05, 4.69) is 31.1 Å². The van der Waals surface area contributed by atoms with Crippen LogP contribution in [0.25, 0.3) is 0 Å². The first-order valence-electron chi connectivity index (χ1n) is 11.8. The molecule has 0 spiro atoms. The Morgan fingerprint density at radius 2 is 1.79 bits per heavy atom. The molecule has 2 aliphatic heterocycles. The van der Waals surface area contributed by atoms with Crippen LogP contribution in [0.5, 0.6) is 5.75 Å². The van der Waals surface area contributed by atoms with Crippen molar-refractivity contribution in [1.82, 2.24) is 15.2 Å². The van der Waals surface area contributed by atoms with Gasteiger partial charge in [0.2, 0.25) is 11.8 Å². The highest BCUT2D eigenvalue weighted by Gasteiger charge is 2.31. The number of likely N-dealkylation sites (tertiary alicyclic amines) is 1. The van der Waals surface area contributed by atoms with Crippen LogP contribution in [0.15, 0.2) is 48.8 Å². The number of pyridine rings is 1. The zero-order valence-electron chi connectivity index (χ0n) is 19.8. The van der Waals surface area contributed by atoms with Gasteiger partial charge < -0.3 is 15.0 Å². The molecule has 0 saturated carbocycles. The Labute approximate surface area is 196 Å². The standard InChI is InChI=1S/C26H34N4O3/c1-26(2,3)15-24(31)29-13-10-23(11-14-29)33-22-8-6-20(7-9-22)30(21-5-4-12-27-18-21)25(32)19-16-28-17-19/h4-9,12,18-19,23,28H,10-11,13-17H2,1-3H3. The van der Waals surface area contributed by atoms with Gasteiger partial charge in [-0.2, -0.15) is 0 Å². The third-order valence-electron chi connectivity index (χ3n) is 6.13. The Morgan fingerprint density at radius 1 is 1.09 bits per heavy atom. The van der Waals surface area contributed by atoms with E-state index in [1.165, 1.54) is 0 Å². The molecule has 3 heterocycles. The quantitative estimate of drug-likeness (QED) is 0.725. The second-order valence-corrected chi connectivity index (χ2v) is 10.2. The molecule has 0 aliphatic carbocycles. The third-order valence-corrected chi connectivity index (χ3v) is 6.13. The van der Waals surface area contributed by atoms with E-state index < -0.39 is 0 Å². The fourth-order valence-corrected chi connectivity index (χ4v) is 4.19. The van der Waals surface area contributed by atoms with Crippen molar-refractivity contribution in [1.29, 1.82) is 0 Å². The van der Waals surface area contributed by atoms with Crippen LogP contribution < -0.4 is 15.0 Å². The van der Waals surface area contributed by atoms with Gasteiger partial charge in [-0.3, -0.25) is 19.5 Å². The Bertz CT molecular complexity index is 944. The fourth-order valence-electron chi connectivity index (χ4n) is 4.19. The molecule has 4 rings (SSSR count). The lowest BCUT2D eigenvalue weighted by Gasteiger charge is -2.34. The maximum atomic E-state index is 13.1. The van der Waals surface area contributed by atoms with E-state index >= 15 is 0 Å². The summed E-state index contributed by atoms with van der Waals surface area (Å²) in [6, 6.07) is 11.4. The molecule has 2 fully saturated rings. The van der Waals surface area contributed by atoms with Crippen LogP contribution in [0, 0.1) is 11.3 Å². The van der Waals surface area contributed by atoms with Crippen LogP contribution in [0.4, 0.5) is 11.4 Å². The first kappa shape index (κ1) is 23.2. The molecule has 1 aromatic carbocycles. The molecule has 7 nitrogen and oxygen atoms in total. The minimum Gasteiger partial charge on any atom is -0.490 e. The average Bonchev–Trinajstić information content (AvgIpc) is 2.74. The van der Waals surface area contributed by atoms with E-state index in [0.29, 0.717) is 19.5 Å². The van der Waals surface area contributed by atoms with Crippen molar-refractivity contribution in [3.05, 3.63) is 48.8 Å². The molecular weight excluding hydrogens is 416 g/mol. The molecule has 33 heavy (non-hydrogen) atoms. The number of carbonyl (C=O) groups is 2. The highest BCUT2D eigenvalue weighted by molar-refractivity contribution is 6.02. The zero-order valence-corrected chi connectivity index (χ0v) is 19.8. The predicted molar refractivity (Wildman–Crippen MR) is 128 cm³/mol. The van der Waals surface area contributed by atoms with Crippen molar-refractivity contribution in [3.63, 3.8) is 0 Å². The van der Waals surface area contributed by atoms with Gasteiger partial charge in [-0.25, -0.2) is 0 Å². The number of carbonyl (C=O) groups excluding carboxylic acids is 2. The molecule has 1 aromatic heterocycles. The van der Waals surface area contributed by atoms with Crippen molar-refractivity contribution in [2.75, 3.05) is 31.1 Å². The number of nitrogens with one attached hydrogen (secondary N) is 1. The van der Waals surface area contributed by atoms with Crippen LogP contribution in [-0.2, 0) is 9.59 Å². The number of hydrogen-bond acceptors (Lipinski definition) is 5. The lowest BCUT2D eigenvalue weighted by molar-refractivity contribution is -0.134. The number of hydrogen-bond donors (Lipinski definition) is 1. The first-order valence-corrected chi connectivity index (χ1v) is 11.8. The minimum absolute atomic E-state index is 0.00635. The van der Waals surface area contributed by atoms with Crippen LogP contribution in [0.2, 0.25) is 0 Å². The summed E-state index contributed by atoms with van der Waals surface area (Å²) in [7, 11) is 0. The maximum absolute atomic E-state index is 13.1. The van der Waals surface area contributed by atoms with Crippen LogP contribution in [0.1, 0.15) is 40.0 Å². The van der Waals surface area contributed by atoms with Gasteiger partial charge in [0.05, 0.1) is 17.8 Å². The predicted octanol–water partition coefficient (Wildman–Crippen LogP) is 3.77. The molecule has 2 saturated heterocycles. The van der Waals surface area contributed by atoms with Gasteiger partial charge in [-0.1, -0.05) is 20.8 Å². The number of nitrogens with zero attached hydrogens (tertiary/aromatic N) is 3. The summed E-state index contributed by atoms with van der Waals surface area (Å²) in [6.45, 7) is 9.15. The van der Waals surface area contributed by atoms with Crippen LogP contribution in [0.3, 0.4) is 0 Å². The molecule has 0 bridgehead atoms. The molecule has 176 valence electrons. The van der Waals surface area contributed by atoms with Crippen molar-refractivity contribution in [2.24, 2.45) is 11.3 Å². The molecule has 0 unspecified atom stereocenters. The number of amides is 2. The highest BCUT2D eigenvalue weighted by Crippen LogP contribution is 2.30. The minimum atomic E-state index is -0.0210. The largest absolute Gasteiger partial charge is 0.490 e. The van der Waals surface area contributed by atoms with Gasteiger partial charge >= 0.3 is 0 Å². The summed E-state index contributed by atoms with van der Waals surface area (Å²) >= 11 is 0. The molecule has 1 N–H and O–H groups in total. The Balaban J connectivity index is 1.38. The first-order chi connectivity index (χ1) is 15.8. The van der Waals surface area contributed by atoms with Gasteiger partial charge in [0.25, 0.3) is 0 Å². The van der Waals surface area contributed by atoms with Crippen molar-refractivity contribution in [3.8, 4) is 5.75 Å². The monoisotopic (exact) mass is 450 g/mol. The van der Waals surface area contributed by atoms with Crippen molar-refractivity contribution in [2.45, 2.75) is 46.1 Å². The van der Waals surface area contributed by atoms with Gasteiger partial charge in [-0.15, -0.1) is 0 Å². The summed E-state index contributed by atoms with van der Waals surface area (Å²) in [5.41, 5.74) is 1.57. The van der Waals surface area contributed by atoms with E-state index in [-0.39, 0.29) is 29.3 Å². The Kier molecular flexibility index (Phi) is 6.98. The number of rotatable bonds is 6. The van der Waals surface area contributed by atoms with Gasteiger partial charge in [0.15, 0.2) is 0 Å². The number of benzene rings is 1. The second kappa shape index (κ2) is 9.91. The average molecular weight is 451 g/mol. The van der Waals surface area contributed by atoms with Crippen molar-refractivity contribution < 1.29 is 14.3 Å². The summed E-state index contributed by atoms with van der Waals surface area (Å²) in [5, 5.41) is 3.17. The lowest BCUT2D eigenvalue weighted by atomic mass is 9.91. The second-order valence-electron chi connectivity index (χ2n) is 10.2. The Morgan fingerprint density at radius 3 is 2.33 bits per heavy atom. The molecule has 2 aromatic rings. The lowest BCUT2D eigenvalue weighted by Crippen LogP contribution is -2.51. The third kappa shape index (κ3) is 5.90. The van der Waals surface area contributed by atoms with E-state index in [9.17, 15) is 9.59 Å². The molecule has 0 radical (unpaired) electrons. The molecule has 7 heteroatoms. The Hall–Kier alpha value is -2.93. The van der Waals surface area contributed by atoms with Gasteiger partial charge in [0, 0.05) is 57.3 Å². The summed E-state index contributed by atoms with van der Waals surface area (Å²) in [6.07, 6.45) is 5.73. The summed E-state index contributed by atoms with van der Waals surface area (Å²) < 4.78 is 6.20. The summed E-state index contributed by atoms with van der Waals surface area (Å²) in [5.74, 6) is 1.06. The van der Waals surface area contributed by atoms with Gasteiger partial charge in [0.1, 0.15) is 11.9 Å². The van der Waals surface area contributed by atoms with Crippen LogP contribution in [-0.4, -0.2) is 54.0 Å². The molecule has 2 amide bonds. The van der Waals surface area contributed by atoms with E-state index in [1.54, 1.807) is 17.3 Å². The number of anilines is 2. The number of aromatic nitrogens is 1. The molecular formula is C26H34N4O3. The fraction of sp³-hybridized carbons (Fsp3) is 0.500. The smallest absolute Gasteiger partial charge is 0.237 e. The number of ether oxygens (including phenoxy) is 1. The molecule has 0 atom stereocenters. The van der Waals surface area contributed by atoms with E-state index in [4.69, 9.17) is 4.74 Å². The van der Waals surface area contributed by atoms with E-state index in [0.717, 1.165) is 43.1 Å². The van der Waals surface area contributed by atoms with Gasteiger partial charge in [-0.05, 0) is 41.8 Å². The topological polar surface area (TPSA) is 74.8 Å². The maximum Gasteiger partial charge on any atom is 0.237 e.